The summed E-state index contributed by atoms with van der Waals surface area (Å²) in [5, 5.41) is 11.0. The van der Waals surface area contributed by atoms with Gasteiger partial charge in [-0.15, -0.1) is 10.2 Å². The summed E-state index contributed by atoms with van der Waals surface area (Å²) in [7, 11) is 0. The Kier molecular flexibility index (Phi) is 4.38. The maximum atomic E-state index is 13.7. The lowest BCUT2D eigenvalue weighted by molar-refractivity contribution is 0.0945. The minimum absolute atomic E-state index is 0.0950. The Morgan fingerprint density at radius 3 is 3.00 bits per heavy atom. The molecule has 2 aromatic rings. The lowest BCUT2D eigenvalue weighted by Crippen LogP contribution is -2.26. The fourth-order valence-electron chi connectivity index (χ4n) is 2.64. The van der Waals surface area contributed by atoms with Crippen molar-refractivity contribution in [3.63, 3.8) is 0 Å². The summed E-state index contributed by atoms with van der Waals surface area (Å²) in [6.07, 6.45) is 4.25. The summed E-state index contributed by atoms with van der Waals surface area (Å²) in [6, 6.07) is 4.17. The monoisotopic (exact) mass is 322 g/mol. The molecule has 1 amide bonds. The standard InChI is InChI=1S/C15H16ClFN4O/c16-10-5-4-6-11(17)14(10)15(22)18-9-13-20-19-12-7-2-1-3-8-21(12)13/h4-6H,1-3,7-9H2,(H,18,22). The average Bonchev–Trinajstić information content (AvgIpc) is 2.72. The molecular formula is C15H16ClFN4O. The Labute approximate surface area is 132 Å². The molecule has 0 unspecified atom stereocenters. The molecule has 1 aliphatic heterocycles. The fraction of sp³-hybridized carbons (Fsp3) is 0.400. The molecule has 0 atom stereocenters. The van der Waals surface area contributed by atoms with Gasteiger partial charge in [-0.25, -0.2) is 4.39 Å². The van der Waals surface area contributed by atoms with Gasteiger partial charge < -0.3 is 9.88 Å². The highest BCUT2D eigenvalue weighted by Gasteiger charge is 2.18. The third kappa shape index (κ3) is 2.97. The first-order valence-corrected chi connectivity index (χ1v) is 7.68. The van der Waals surface area contributed by atoms with E-state index in [2.05, 4.69) is 15.5 Å². The van der Waals surface area contributed by atoms with Gasteiger partial charge in [0.15, 0.2) is 5.82 Å². The van der Waals surface area contributed by atoms with Gasteiger partial charge >= 0.3 is 0 Å². The summed E-state index contributed by atoms with van der Waals surface area (Å²) < 4.78 is 15.8. The normalized spacial score (nSPS) is 14.3. The topological polar surface area (TPSA) is 59.8 Å². The molecule has 3 rings (SSSR count). The highest BCUT2D eigenvalue weighted by Crippen LogP contribution is 2.19. The number of amides is 1. The molecule has 22 heavy (non-hydrogen) atoms. The smallest absolute Gasteiger partial charge is 0.256 e. The number of carbonyl (C=O) groups excluding carboxylic acids is 1. The molecule has 0 bridgehead atoms. The van der Waals surface area contributed by atoms with E-state index in [-0.39, 0.29) is 17.1 Å². The molecule has 1 aromatic heterocycles. The highest BCUT2D eigenvalue weighted by atomic mass is 35.5. The molecule has 1 aliphatic rings. The molecular weight excluding hydrogens is 307 g/mol. The third-order valence-electron chi connectivity index (χ3n) is 3.78. The van der Waals surface area contributed by atoms with E-state index >= 15 is 0 Å². The van der Waals surface area contributed by atoms with E-state index in [4.69, 9.17) is 11.6 Å². The lowest BCUT2D eigenvalue weighted by Gasteiger charge is -2.09. The van der Waals surface area contributed by atoms with Gasteiger partial charge in [0, 0.05) is 13.0 Å². The average molecular weight is 323 g/mol. The predicted molar refractivity (Wildman–Crippen MR) is 80.2 cm³/mol. The third-order valence-corrected chi connectivity index (χ3v) is 4.10. The van der Waals surface area contributed by atoms with Crippen LogP contribution < -0.4 is 5.32 Å². The largest absolute Gasteiger partial charge is 0.345 e. The second kappa shape index (κ2) is 6.44. The molecule has 0 fully saturated rings. The van der Waals surface area contributed by atoms with Crippen LogP contribution in [0, 0.1) is 5.82 Å². The molecule has 0 aliphatic carbocycles. The molecule has 0 spiro atoms. The molecule has 1 N–H and O–H groups in total. The van der Waals surface area contributed by atoms with Gasteiger partial charge in [0.05, 0.1) is 17.1 Å². The van der Waals surface area contributed by atoms with Crippen molar-refractivity contribution in [1.82, 2.24) is 20.1 Å². The van der Waals surface area contributed by atoms with Gasteiger partial charge in [-0.05, 0) is 25.0 Å². The van der Waals surface area contributed by atoms with E-state index in [0.717, 1.165) is 31.6 Å². The van der Waals surface area contributed by atoms with E-state index < -0.39 is 11.7 Å². The maximum Gasteiger partial charge on any atom is 0.256 e. The van der Waals surface area contributed by atoms with E-state index in [1.807, 2.05) is 4.57 Å². The Morgan fingerprint density at radius 2 is 2.18 bits per heavy atom. The first kappa shape index (κ1) is 15.0. The Morgan fingerprint density at radius 1 is 1.32 bits per heavy atom. The Bertz CT molecular complexity index is 681. The Balaban J connectivity index is 1.73. The first-order chi connectivity index (χ1) is 10.7. The molecule has 0 saturated heterocycles. The van der Waals surface area contributed by atoms with Gasteiger partial charge in [0.25, 0.3) is 5.91 Å². The minimum atomic E-state index is -0.634. The van der Waals surface area contributed by atoms with Crippen LogP contribution in [0.2, 0.25) is 5.02 Å². The van der Waals surface area contributed by atoms with Crippen molar-refractivity contribution in [2.45, 2.75) is 38.8 Å². The number of nitrogens with one attached hydrogen (secondary N) is 1. The summed E-state index contributed by atoms with van der Waals surface area (Å²) in [5.41, 5.74) is -0.139. The minimum Gasteiger partial charge on any atom is -0.345 e. The number of benzene rings is 1. The zero-order valence-corrected chi connectivity index (χ0v) is 12.7. The van der Waals surface area contributed by atoms with Gasteiger partial charge in [-0.2, -0.15) is 0 Å². The number of fused-ring (bicyclic) bond motifs is 1. The van der Waals surface area contributed by atoms with Crippen LogP contribution in [0.15, 0.2) is 18.2 Å². The summed E-state index contributed by atoms with van der Waals surface area (Å²) >= 11 is 5.89. The second-order valence-electron chi connectivity index (χ2n) is 5.27. The number of halogens is 2. The van der Waals surface area contributed by atoms with Crippen LogP contribution in [0.25, 0.3) is 0 Å². The molecule has 0 saturated carbocycles. The van der Waals surface area contributed by atoms with Gasteiger partial charge in [0.2, 0.25) is 0 Å². The van der Waals surface area contributed by atoms with E-state index in [1.165, 1.54) is 24.6 Å². The van der Waals surface area contributed by atoms with Gasteiger partial charge in [-0.3, -0.25) is 4.79 Å². The molecule has 7 heteroatoms. The summed E-state index contributed by atoms with van der Waals surface area (Å²) in [6.45, 7) is 1.06. The number of nitrogens with zero attached hydrogens (tertiary/aromatic N) is 3. The van der Waals surface area contributed by atoms with Gasteiger partial charge in [-0.1, -0.05) is 24.1 Å². The van der Waals surface area contributed by atoms with Gasteiger partial charge in [0.1, 0.15) is 11.6 Å². The van der Waals surface area contributed by atoms with Crippen molar-refractivity contribution in [3.05, 3.63) is 46.3 Å². The van der Waals surface area contributed by atoms with E-state index in [0.29, 0.717) is 5.82 Å². The second-order valence-corrected chi connectivity index (χ2v) is 5.68. The molecule has 5 nitrogen and oxygen atoms in total. The van der Waals surface area contributed by atoms with E-state index in [1.54, 1.807) is 0 Å². The molecule has 1 aromatic carbocycles. The van der Waals surface area contributed by atoms with Crippen molar-refractivity contribution in [2.24, 2.45) is 0 Å². The highest BCUT2D eigenvalue weighted by molar-refractivity contribution is 6.33. The van der Waals surface area contributed by atoms with Crippen molar-refractivity contribution >= 4 is 17.5 Å². The van der Waals surface area contributed by atoms with Crippen LogP contribution in [0.1, 0.15) is 41.3 Å². The maximum absolute atomic E-state index is 13.7. The Hall–Kier alpha value is -1.95. The zero-order chi connectivity index (χ0) is 15.5. The quantitative estimate of drug-likeness (QED) is 0.945. The zero-order valence-electron chi connectivity index (χ0n) is 12.0. The SMILES string of the molecule is O=C(NCc1nnc2n1CCCCC2)c1c(F)cccc1Cl. The van der Waals surface area contributed by atoms with Crippen LogP contribution in [-0.2, 0) is 19.5 Å². The van der Waals surface area contributed by atoms with Crippen LogP contribution in [0.5, 0.6) is 0 Å². The van der Waals surface area contributed by atoms with Crippen LogP contribution in [0.3, 0.4) is 0 Å². The number of hydrogen-bond acceptors (Lipinski definition) is 3. The number of aromatic nitrogens is 3. The number of carbonyl (C=O) groups is 1. The van der Waals surface area contributed by atoms with Crippen molar-refractivity contribution < 1.29 is 9.18 Å². The van der Waals surface area contributed by atoms with E-state index in [9.17, 15) is 9.18 Å². The summed E-state index contributed by atoms with van der Waals surface area (Å²) in [4.78, 5) is 12.1. The summed E-state index contributed by atoms with van der Waals surface area (Å²) in [5.74, 6) is 0.461. The van der Waals surface area contributed by atoms with Crippen LogP contribution >= 0.6 is 11.6 Å². The molecule has 116 valence electrons. The number of aryl methyl sites for hydroxylation is 1. The lowest BCUT2D eigenvalue weighted by atomic mass is 10.2. The molecule has 2 heterocycles. The van der Waals surface area contributed by atoms with Crippen LogP contribution in [0.4, 0.5) is 4.39 Å². The van der Waals surface area contributed by atoms with Crippen molar-refractivity contribution in [1.29, 1.82) is 0 Å². The predicted octanol–water partition coefficient (Wildman–Crippen LogP) is 2.73. The fourth-order valence-corrected chi connectivity index (χ4v) is 2.89. The van der Waals surface area contributed by atoms with Crippen molar-refractivity contribution in [3.8, 4) is 0 Å². The number of hydrogen-bond donors (Lipinski definition) is 1. The van der Waals surface area contributed by atoms with Crippen LogP contribution in [-0.4, -0.2) is 20.7 Å². The number of rotatable bonds is 3. The molecule has 0 radical (unpaired) electrons. The first-order valence-electron chi connectivity index (χ1n) is 7.30. The van der Waals surface area contributed by atoms with Crippen molar-refractivity contribution in [2.75, 3.05) is 0 Å².